The molecule has 0 saturated carbocycles. The van der Waals surface area contributed by atoms with Crippen molar-refractivity contribution in [1.29, 1.82) is 0 Å². The fraction of sp³-hybridized carbons (Fsp3) is 0.250. The van der Waals surface area contributed by atoms with E-state index in [9.17, 15) is 18.4 Å². The van der Waals surface area contributed by atoms with Crippen LogP contribution >= 0.6 is 0 Å². The van der Waals surface area contributed by atoms with Gasteiger partial charge in [0.25, 0.3) is 0 Å². The van der Waals surface area contributed by atoms with E-state index in [0.717, 1.165) is 12.3 Å². The molecule has 4 nitrogen and oxygen atoms in total. The van der Waals surface area contributed by atoms with Crippen LogP contribution in [0.3, 0.4) is 0 Å². The lowest BCUT2D eigenvalue weighted by Gasteiger charge is -2.16. The van der Waals surface area contributed by atoms with Crippen molar-refractivity contribution in [2.45, 2.75) is 6.92 Å². The number of fused-ring (bicyclic) bond motifs is 1. The number of esters is 1. The molecular weight excluding hydrogens is 244 g/mol. The molecule has 1 aliphatic heterocycles. The van der Waals surface area contributed by atoms with E-state index in [2.05, 4.69) is 9.73 Å². The molecule has 0 bridgehead atoms. The Morgan fingerprint density at radius 2 is 2.17 bits per heavy atom. The topological polar surface area (TPSA) is 55.7 Å². The van der Waals surface area contributed by atoms with Gasteiger partial charge in [0.1, 0.15) is 11.5 Å². The van der Waals surface area contributed by atoms with E-state index >= 15 is 0 Å². The summed E-state index contributed by atoms with van der Waals surface area (Å²) in [6.07, 6.45) is 1.02. The normalized spacial score (nSPS) is 17.5. The van der Waals surface area contributed by atoms with Gasteiger partial charge in [0, 0.05) is 12.3 Å². The number of aliphatic imine (C=N–C) groups is 1. The van der Waals surface area contributed by atoms with Crippen LogP contribution in [0.5, 0.6) is 0 Å². The predicted octanol–water partition coefficient (Wildman–Crippen LogP) is 2.04. The summed E-state index contributed by atoms with van der Waals surface area (Å²) in [7, 11) is 0. The highest BCUT2D eigenvalue weighted by molar-refractivity contribution is 6.22. The maximum atomic E-state index is 13.4. The molecule has 0 aromatic heterocycles. The molecule has 6 heteroatoms. The number of nitrogens with zero attached hydrogens (tertiary/aromatic N) is 1. The zero-order valence-corrected chi connectivity index (χ0v) is 9.44. The fourth-order valence-corrected chi connectivity index (χ4v) is 1.67. The summed E-state index contributed by atoms with van der Waals surface area (Å²) >= 11 is 0. The van der Waals surface area contributed by atoms with Crippen molar-refractivity contribution in [2.24, 2.45) is 10.9 Å². The third-order valence-electron chi connectivity index (χ3n) is 2.47. The third-order valence-corrected chi connectivity index (χ3v) is 2.47. The van der Waals surface area contributed by atoms with Crippen molar-refractivity contribution in [3.05, 3.63) is 29.3 Å². The van der Waals surface area contributed by atoms with Gasteiger partial charge in [-0.15, -0.1) is 0 Å². The number of rotatable bonds is 2. The van der Waals surface area contributed by atoms with E-state index in [0.29, 0.717) is 6.07 Å². The van der Waals surface area contributed by atoms with Crippen molar-refractivity contribution in [3.63, 3.8) is 0 Å². The van der Waals surface area contributed by atoms with E-state index < -0.39 is 29.3 Å². The summed E-state index contributed by atoms with van der Waals surface area (Å²) in [6.45, 7) is 1.70. The van der Waals surface area contributed by atoms with Gasteiger partial charge in [-0.2, -0.15) is 0 Å². The van der Waals surface area contributed by atoms with Gasteiger partial charge in [0.05, 0.1) is 12.2 Å². The van der Waals surface area contributed by atoms with Gasteiger partial charge < -0.3 is 4.74 Å². The van der Waals surface area contributed by atoms with Gasteiger partial charge in [-0.25, -0.2) is 8.78 Å². The van der Waals surface area contributed by atoms with Crippen LogP contribution in [0.2, 0.25) is 0 Å². The van der Waals surface area contributed by atoms with Crippen LogP contribution < -0.4 is 0 Å². The molecule has 1 aliphatic rings. The highest BCUT2D eigenvalue weighted by Crippen LogP contribution is 2.30. The van der Waals surface area contributed by atoms with Gasteiger partial charge in [0.2, 0.25) is 0 Å². The Morgan fingerprint density at radius 3 is 2.83 bits per heavy atom. The highest BCUT2D eigenvalue weighted by Gasteiger charge is 2.33. The number of Topliss-reactive ketones (excluding diaryl/α,β-unsaturated/α-hetero) is 1. The van der Waals surface area contributed by atoms with E-state index in [1.165, 1.54) is 0 Å². The largest absolute Gasteiger partial charge is 0.465 e. The monoisotopic (exact) mass is 253 g/mol. The number of carbonyl (C=O) groups is 2. The fourth-order valence-electron chi connectivity index (χ4n) is 1.67. The second kappa shape index (κ2) is 4.64. The maximum Gasteiger partial charge on any atom is 0.322 e. The van der Waals surface area contributed by atoms with Gasteiger partial charge in [-0.05, 0) is 13.0 Å². The number of ether oxygens (including phenoxy) is 1. The number of hydrogen-bond acceptors (Lipinski definition) is 4. The molecule has 1 unspecified atom stereocenters. The minimum atomic E-state index is -1.24. The molecule has 0 saturated heterocycles. The predicted molar refractivity (Wildman–Crippen MR) is 59.0 cm³/mol. The minimum Gasteiger partial charge on any atom is -0.465 e. The summed E-state index contributed by atoms with van der Waals surface area (Å²) < 4.78 is 31.1. The van der Waals surface area contributed by atoms with E-state index in [-0.39, 0.29) is 17.9 Å². The third kappa shape index (κ3) is 2.01. The quantitative estimate of drug-likeness (QED) is 0.598. The first-order chi connectivity index (χ1) is 8.54. The molecule has 1 heterocycles. The van der Waals surface area contributed by atoms with Crippen molar-refractivity contribution in [1.82, 2.24) is 0 Å². The van der Waals surface area contributed by atoms with Crippen LogP contribution in [0.1, 0.15) is 17.3 Å². The molecule has 1 atom stereocenters. The lowest BCUT2D eigenvalue weighted by atomic mass is 9.94. The number of benzene rings is 1. The molecule has 18 heavy (non-hydrogen) atoms. The van der Waals surface area contributed by atoms with Crippen molar-refractivity contribution < 1.29 is 23.1 Å². The first kappa shape index (κ1) is 12.3. The number of halogens is 2. The van der Waals surface area contributed by atoms with E-state index in [1.807, 2.05) is 0 Å². The Balaban J connectivity index is 2.43. The summed E-state index contributed by atoms with van der Waals surface area (Å²) in [6, 6.07) is 1.50. The summed E-state index contributed by atoms with van der Waals surface area (Å²) in [5.41, 5.74) is -0.491. The van der Waals surface area contributed by atoms with E-state index in [1.54, 1.807) is 6.92 Å². The Morgan fingerprint density at radius 1 is 1.44 bits per heavy atom. The van der Waals surface area contributed by atoms with Gasteiger partial charge in [-0.3, -0.25) is 14.6 Å². The molecule has 0 radical (unpaired) electrons. The highest BCUT2D eigenvalue weighted by atomic mass is 19.1. The average molecular weight is 253 g/mol. The molecular formula is C12H9F2NO3. The molecule has 0 aliphatic carbocycles. The van der Waals surface area contributed by atoms with Crippen LogP contribution in [0.15, 0.2) is 17.1 Å². The Hall–Kier alpha value is -2.11. The second-order valence-electron chi connectivity index (χ2n) is 3.66. The van der Waals surface area contributed by atoms with Gasteiger partial charge in [-0.1, -0.05) is 0 Å². The smallest absolute Gasteiger partial charge is 0.322 e. The average Bonchev–Trinajstić information content (AvgIpc) is 2.30. The van der Waals surface area contributed by atoms with Crippen LogP contribution in [-0.2, 0) is 9.53 Å². The standard InChI is InChI=1S/C12H9F2NO3/c1-2-18-12(17)8-5-15-10-7(11(8)16)3-6(13)4-9(10)14/h3-5,8H,2H2,1H3. The van der Waals surface area contributed by atoms with Gasteiger partial charge in [0.15, 0.2) is 17.5 Å². The first-order valence-electron chi connectivity index (χ1n) is 5.28. The van der Waals surface area contributed by atoms with Crippen molar-refractivity contribution >= 4 is 23.7 Å². The number of ketones is 1. The summed E-state index contributed by atoms with van der Waals surface area (Å²) in [5.74, 6) is -4.55. The maximum absolute atomic E-state index is 13.4. The summed E-state index contributed by atoms with van der Waals surface area (Å²) in [5, 5.41) is 0. The number of hydrogen-bond donors (Lipinski definition) is 0. The molecule has 94 valence electrons. The van der Waals surface area contributed by atoms with E-state index in [4.69, 9.17) is 0 Å². The minimum absolute atomic E-state index is 0.112. The molecule has 0 N–H and O–H groups in total. The Kier molecular flexibility index (Phi) is 3.18. The zero-order valence-electron chi connectivity index (χ0n) is 9.44. The lowest BCUT2D eigenvalue weighted by Crippen LogP contribution is -2.30. The molecule has 1 aromatic carbocycles. The van der Waals surface area contributed by atoms with Crippen LogP contribution in [0.4, 0.5) is 14.5 Å². The van der Waals surface area contributed by atoms with Gasteiger partial charge >= 0.3 is 5.97 Å². The second-order valence-corrected chi connectivity index (χ2v) is 3.66. The van der Waals surface area contributed by atoms with Crippen LogP contribution in [0, 0.1) is 17.6 Å². The molecule has 0 amide bonds. The Bertz CT molecular complexity index is 554. The lowest BCUT2D eigenvalue weighted by molar-refractivity contribution is -0.144. The molecule has 0 fully saturated rings. The molecule has 1 aromatic rings. The van der Waals surface area contributed by atoms with Crippen LogP contribution in [-0.4, -0.2) is 24.6 Å². The summed E-state index contributed by atoms with van der Waals surface area (Å²) in [4.78, 5) is 27.1. The molecule has 2 rings (SSSR count). The molecule has 0 spiro atoms. The van der Waals surface area contributed by atoms with Crippen LogP contribution in [0.25, 0.3) is 0 Å². The zero-order chi connectivity index (χ0) is 13.3. The van der Waals surface area contributed by atoms with Crippen molar-refractivity contribution in [3.8, 4) is 0 Å². The SMILES string of the molecule is CCOC(=O)C1C=Nc2c(F)cc(F)cc2C1=O. The first-order valence-corrected chi connectivity index (χ1v) is 5.28. The number of carbonyl (C=O) groups excluding carboxylic acids is 2. The van der Waals surface area contributed by atoms with Crippen molar-refractivity contribution in [2.75, 3.05) is 6.61 Å². The Labute approximate surface area is 101 Å².